The fraction of sp³-hybridized carbons (Fsp3) is 0.286. The zero-order valence-corrected chi connectivity index (χ0v) is 22.9. The number of aliphatic carboxylic acids is 1. The highest BCUT2D eigenvalue weighted by molar-refractivity contribution is 6.00. The van der Waals surface area contributed by atoms with Crippen LogP contribution in [0.4, 0.5) is 35.2 Å². The topological polar surface area (TPSA) is 147 Å². The summed E-state index contributed by atoms with van der Waals surface area (Å²) in [4.78, 5) is 27.9. The van der Waals surface area contributed by atoms with Crippen LogP contribution in [0.25, 0.3) is 16.6 Å². The summed E-state index contributed by atoms with van der Waals surface area (Å²) in [7, 11) is 0. The van der Waals surface area contributed by atoms with Crippen LogP contribution in [0.1, 0.15) is 16.8 Å². The lowest BCUT2D eigenvalue weighted by molar-refractivity contribution is -0.192. The van der Waals surface area contributed by atoms with E-state index in [2.05, 4.69) is 37.7 Å². The fourth-order valence-corrected chi connectivity index (χ4v) is 4.53. The number of fused-ring (bicyclic) bond motifs is 1. The van der Waals surface area contributed by atoms with E-state index in [0.29, 0.717) is 11.5 Å². The highest BCUT2D eigenvalue weighted by Gasteiger charge is 2.38. The largest absolute Gasteiger partial charge is 0.490 e. The van der Waals surface area contributed by atoms with Crippen LogP contribution < -0.4 is 16.4 Å². The van der Waals surface area contributed by atoms with E-state index in [1.165, 1.54) is 6.33 Å². The summed E-state index contributed by atoms with van der Waals surface area (Å²) in [5, 5.41) is 17.4. The van der Waals surface area contributed by atoms with Crippen molar-refractivity contribution in [3.63, 3.8) is 0 Å². The summed E-state index contributed by atoms with van der Waals surface area (Å²) in [5.74, 6) is -2.33. The standard InChI is InChI=1S/C26H29N7O2.C2HF3O2/c1-17-11-18(2)13-21(12-17)31-26(34)30-20-5-3-19(4-6-20)23-14-22(15-32-7-9-35-10-8-32)33-24(23)25(27)28-16-29-33;3-2(4,5)1(6)7/h3-6,11-14,16H,7-10,15H2,1-2H3,(H2,27,28,29)(H2,30,31,34);(H,6,7). The number of carboxylic acids is 1. The van der Waals surface area contributed by atoms with Crippen LogP contribution >= 0.6 is 0 Å². The van der Waals surface area contributed by atoms with Crippen molar-refractivity contribution in [2.24, 2.45) is 0 Å². The minimum atomic E-state index is -5.08. The molecule has 3 heterocycles. The maximum atomic E-state index is 12.5. The number of nitrogens with two attached hydrogens (primary N) is 1. The molecule has 42 heavy (non-hydrogen) atoms. The number of nitrogens with zero attached hydrogens (tertiary/aromatic N) is 4. The predicted octanol–water partition coefficient (Wildman–Crippen LogP) is 4.70. The molecular weight excluding hydrogens is 555 g/mol. The molecular formula is C28H30F3N7O4. The number of nitrogens with one attached hydrogen (secondary N) is 2. The summed E-state index contributed by atoms with van der Waals surface area (Å²) in [5.41, 5.74) is 13.7. The highest BCUT2D eigenvalue weighted by Crippen LogP contribution is 2.31. The number of aryl methyl sites for hydroxylation is 2. The molecule has 1 saturated heterocycles. The molecule has 4 aromatic rings. The van der Waals surface area contributed by atoms with Gasteiger partial charge in [0.15, 0.2) is 5.82 Å². The Balaban J connectivity index is 0.000000517. The van der Waals surface area contributed by atoms with Crippen molar-refractivity contribution in [1.29, 1.82) is 0 Å². The number of amides is 2. The van der Waals surface area contributed by atoms with Crippen molar-refractivity contribution in [2.45, 2.75) is 26.6 Å². The number of ether oxygens (including phenoxy) is 1. The van der Waals surface area contributed by atoms with E-state index >= 15 is 0 Å². The molecule has 2 aromatic heterocycles. The summed E-state index contributed by atoms with van der Waals surface area (Å²) in [6.45, 7) is 7.99. The van der Waals surface area contributed by atoms with Gasteiger partial charge >= 0.3 is 18.2 Å². The second-order valence-electron chi connectivity index (χ2n) is 9.68. The third-order valence-corrected chi connectivity index (χ3v) is 6.32. The number of hydrogen-bond donors (Lipinski definition) is 4. The van der Waals surface area contributed by atoms with Gasteiger partial charge in [0.2, 0.25) is 0 Å². The van der Waals surface area contributed by atoms with Crippen molar-refractivity contribution in [2.75, 3.05) is 42.7 Å². The molecule has 0 radical (unpaired) electrons. The normalized spacial score (nSPS) is 13.7. The Morgan fingerprint density at radius 2 is 1.60 bits per heavy atom. The van der Waals surface area contributed by atoms with Crippen LogP contribution in [0.3, 0.4) is 0 Å². The molecule has 0 spiro atoms. The minimum absolute atomic E-state index is 0.289. The number of halogens is 3. The molecule has 14 heteroatoms. The fourth-order valence-electron chi connectivity index (χ4n) is 4.53. The number of hydrogen-bond acceptors (Lipinski definition) is 7. The third-order valence-electron chi connectivity index (χ3n) is 6.32. The van der Waals surface area contributed by atoms with Crippen molar-refractivity contribution in [3.05, 3.63) is 71.7 Å². The van der Waals surface area contributed by atoms with E-state index in [-0.39, 0.29) is 6.03 Å². The Morgan fingerprint density at radius 1 is 1.00 bits per heavy atom. The molecule has 1 fully saturated rings. The lowest BCUT2D eigenvalue weighted by Crippen LogP contribution is -2.36. The van der Waals surface area contributed by atoms with Crippen LogP contribution in [0.2, 0.25) is 0 Å². The Labute approximate surface area is 239 Å². The van der Waals surface area contributed by atoms with E-state index in [1.807, 2.05) is 54.8 Å². The summed E-state index contributed by atoms with van der Waals surface area (Å²) >= 11 is 0. The quantitative estimate of drug-likeness (QED) is 0.264. The smallest absolute Gasteiger partial charge is 0.475 e. The van der Waals surface area contributed by atoms with Gasteiger partial charge in [-0.1, -0.05) is 18.2 Å². The molecule has 0 unspecified atom stereocenters. The number of urea groups is 1. The average molecular weight is 586 g/mol. The zero-order valence-electron chi connectivity index (χ0n) is 22.9. The molecule has 2 amide bonds. The molecule has 5 N–H and O–H groups in total. The van der Waals surface area contributed by atoms with Crippen LogP contribution in [-0.4, -0.2) is 69.1 Å². The number of nitrogen functional groups attached to an aromatic ring is 1. The molecule has 1 aliphatic rings. The monoisotopic (exact) mass is 585 g/mol. The molecule has 1 aliphatic heterocycles. The van der Waals surface area contributed by atoms with Gasteiger partial charge < -0.3 is 26.2 Å². The first-order chi connectivity index (χ1) is 19.9. The number of carbonyl (C=O) groups is 2. The van der Waals surface area contributed by atoms with Crippen LogP contribution in [0, 0.1) is 13.8 Å². The van der Waals surface area contributed by atoms with Gasteiger partial charge in [-0.15, -0.1) is 0 Å². The number of aromatic nitrogens is 3. The molecule has 0 saturated carbocycles. The number of morpholine rings is 1. The van der Waals surface area contributed by atoms with Gasteiger partial charge in [-0.25, -0.2) is 19.1 Å². The van der Waals surface area contributed by atoms with E-state index in [4.69, 9.17) is 20.4 Å². The first-order valence-corrected chi connectivity index (χ1v) is 12.9. The first-order valence-electron chi connectivity index (χ1n) is 12.9. The van der Waals surface area contributed by atoms with Gasteiger partial charge in [0.1, 0.15) is 11.8 Å². The van der Waals surface area contributed by atoms with Crippen LogP contribution in [0.5, 0.6) is 0 Å². The lowest BCUT2D eigenvalue weighted by atomic mass is 10.1. The van der Waals surface area contributed by atoms with Crippen molar-refractivity contribution >= 4 is 34.7 Å². The Hall–Kier alpha value is -4.69. The maximum Gasteiger partial charge on any atom is 0.490 e. The van der Waals surface area contributed by atoms with Gasteiger partial charge in [0, 0.05) is 36.6 Å². The number of anilines is 3. The van der Waals surface area contributed by atoms with Crippen LogP contribution in [0.15, 0.2) is 54.9 Å². The number of rotatable bonds is 5. The zero-order chi connectivity index (χ0) is 30.4. The van der Waals surface area contributed by atoms with Gasteiger partial charge in [-0.05, 0) is 60.9 Å². The van der Waals surface area contributed by atoms with Gasteiger partial charge in [-0.3, -0.25) is 4.90 Å². The van der Waals surface area contributed by atoms with E-state index in [1.54, 1.807) is 0 Å². The number of carbonyl (C=O) groups excluding carboxylic acids is 1. The molecule has 2 aromatic carbocycles. The number of alkyl halides is 3. The predicted molar refractivity (Wildman–Crippen MR) is 151 cm³/mol. The van der Waals surface area contributed by atoms with Crippen molar-refractivity contribution < 1.29 is 32.6 Å². The molecule has 222 valence electrons. The maximum absolute atomic E-state index is 12.5. The Morgan fingerprint density at radius 3 is 2.19 bits per heavy atom. The second-order valence-corrected chi connectivity index (χ2v) is 9.68. The van der Waals surface area contributed by atoms with Crippen molar-refractivity contribution in [1.82, 2.24) is 19.5 Å². The Kier molecular flexibility index (Phi) is 9.28. The molecule has 0 atom stereocenters. The van der Waals surface area contributed by atoms with Crippen molar-refractivity contribution in [3.8, 4) is 11.1 Å². The second kappa shape index (κ2) is 12.9. The SMILES string of the molecule is Cc1cc(C)cc(NC(=O)Nc2ccc(-c3cc(CN4CCOCC4)n4ncnc(N)c34)cc2)c1.O=C(O)C(F)(F)F. The van der Waals surface area contributed by atoms with Gasteiger partial charge in [0.25, 0.3) is 0 Å². The third kappa shape index (κ3) is 7.73. The summed E-state index contributed by atoms with van der Waals surface area (Å²) in [6, 6.07) is 15.5. The summed E-state index contributed by atoms with van der Waals surface area (Å²) in [6.07, 6.45) is -3.60. The number of carboxylic acid groups (broad SMARTS) is 1. The van der Waals surface area contributed by atoms with Crippen LogP contribution in [-0.2, 0) is 16.1 Å². The molecule has 5 rings (SSSR count). The number of benzene rings is 2. The van der Waals surface area contributed by atoms with Gasteiger partial charge in [-0.2, -0.15) is 18.3 Å². The van der Waals surface area contributed by atoms with E-state index < -0.39 is 12.1 Å². The average Bonchev–Trinajstić information content (AvgIpc) is 3.28. The summed E-state index contributed by atoms with van der Waals surface area (Å²) < 4.78 is 39.1. The minimum Gasteiger partial charge on any atom is -0.475 e. The Bertz CT molecular complexity index is 1550. The van der Waals surface area contributed by atoms with E-state index in [9.17, 15) is 18.0 Å². The highest BCUT2D eigenvalue weighted by atomic mass is 19.4. The lowest BCUT2D eigenvalue weighted by Gasteiger charge is -2.26. The first kappa shape index (κ1) is 30.3. The van der Waals surface area contributed by atoms with E-state index in [0.717, 1.165) is 72.0 Å². The molecule has 0 aliphatic carbocycles. The van der Waals surface area contributed by atoms with Gasteiger partial charge in [0.05, 0.1) is 18.9 Å². The molecule has 0 bridgehead atoms. The molecule has 11 nitrogen and oxygen atoms in total.